The number of piperidine rings is 1. The molecule has 0 saturated carbocycles. The summed E-state index contributed by atoms with van der Waals surface area (Å²) < 4.78 is 0. The lowest BCUT2D eigenvalue weighted by Crippen LogP contribution is -2.52. The van der Waals surface area contributed by atoms with Gasteiger partial charge in [-0.25, -0.2) is 0 Å². The van der Waals surface area contributed by atoms with Crippen molar-refractivity contribution in [3.05, 3.63) is 69.9 Å². The summed E-state index contributed by atoms with van der Waals surface area (Å²) >= 11 is 6.13. The highest BCUT2D eigenvalue weighted by atomic mass is 35.5. The smallest absolute Gasteiger partial charge is 0.255 e. The van der Waals surface area contributed by atoms with Crippen molar-refractivity contribution in [2.24, 2.45) is 11.3 Å². The summed E-state index contributed by atoms with van der Waals surface area (Å²) in [6.07, 6.45) is 9.57. The van der Waals surface area contributed by atoms with Crippen LogP contribution in [0.3, 0.4) is 0 Å². The Morgan fingerprint density at radius 3 is 2.67 bits per heavy atom. The third-order valence-electron chi connectivity index (χ3n) is 6.87. The molecule has 2 aliphatic heterocycles. The number of nitrogens with one attached hydrogen (secondary N) is 3. The summed E-state index contributed by atoms with van der Waals surface area (Å²) in [5.41, 5.74) is 3.39. The van der Waals surface area contributed by atoms with Gasteiger partial charge in [0, 0.05) is 48.3 Å². The lowest BCUT2D eigenvalue weighted by atomic mass is 9.79. The molecule has 1 aromatic carbocycles. The van der Waals surface area contributed by atoms with E-state index in [9.17, 15) is 19.2 Å². The first-order chi connectivity index (χ1) is 17.1. The summed E-state index contributed by atoms with van der Waals surface area (Å²) in [5, 5.41) is 8.75. The van der Waals surface area contributed by atoms with Crippen LogP contribution in [0.2, 0.25) is 0 Å². The number of benzene rings is 1. The number of fused-ring (bicyclic) bond motifs is 1. The third kappa shape index (κ3) is 6.23. The predicted molar refractivity (Wildman–Crippen MR) is 139 cm³/mol. The van der Waals surface area contributed by atoms with Crippen LogP contribution in [0.25, 0.3) is 0 Å². The van der Waals surface area contributed by atoms with Crippen molar-refractivity contribution >= 4 is 35.7 Å². The Morgan fingerprint density at radius 1 is 1.28 bits per heavy atom. The quantitative estimate of drug-likeness (QED) is 0.401. The topological polar surface area (TPSA) is 108 Å². The molecule has 1 fully saturated rings. The van der Waals surface area contributed by atoms with Crippen LogP contribution in [-0.2, 0) is 27.5 Å². The molecule has 2 atom stereocenters. The first-order valence-electron chi connectivity index (χ1n) is 12.0. The second-order valence-electron chi connectivity index (χ2n) is 9.62. The van der Waals surface area contributed by atoms with Gasteiger partial charge in [-0.15, -0.1) is 0 Å². The number of imide groups is 1. The molecule has 4 amide bonds. The number of nitrogens with zero attached hydrogens (tertiary/aromatic N) is 1. The summed E-state index contributed by atoms with van der Waals surface area (Å²) in [4.78, 5) is 47.4. The van der Waals surface area contributed by atoms with Crippen molar-refractivity contribution in [2.45, 2.75) is 52.7 Å². The van der Waals surface area contributed by atoms with Crippen LogP contribution in [-0.4, -0.2) is 42.1 Å². The van der Waals surface area contributed by atoms with Crippen molar-refractivity contribution in [3.8, 4) is 0 Å². The summed E-state index contributed by atoms with van der Waals surface area (Å²) in [6.45, 7) is 7.34. The van der Waals surface area contributed by atoms with E-state index < -0.39 is 11.9 Å². The van der Waals surface area contributed by atoms with Crippen LogP contribution in [0.5, 0.6) is 0 Å². The van der Waals surface area contributed by atoms with E-state index in [1.54, 1.807) is 12.1 Å². The van der Waals surface area contributed by atoms with E-state index >= 15 is 0 Å². The van der Waals surface area contributed by atoms with Crippen molar-refractivity contribution < 1.29 is 19.2 Å². The number of amides is 4. The highest BCUT2D eigenvalue weighted by Gasteiger charge is 2.39. The number of carbonyl (C=O) groups is 4. The van der Waals surface area contributed by atoms with Crippen LogP contribution in [0, 0.1) is 11.3 Å². The van der Waals surface area contributed by atoms with Crippen molar-refractivity contribution in [1.29, 1.82) is 0 Å². The number of carbonyl (C=O) groups excluding carboxylic acids is 4. The summed E-state index contributed by atoms with van der Waals surface area (Å²) in [7, 11) is 1.90. The number of likely N-dealkylation sites (N-methyl/N-ethyl adjacent to an activating group) is 1. The highest BCUT2D eigenvalue weighted by molar-refractivity contribution is 6.31. The Labute approximate surface area is 216 Å². The maximum Gasteiger partial charge on any atom is 0.255 e. The van der Waals surface area contributed by atoms with Crippen molar-refractivity contribution in [3.63, 3.8) is 0 Å². The first kappa shape index (κ1) is 27.2. The third-order valence-corrected chi connectivity index (χ3v) is 7.09. The van der Waals surface area contributed by atoms with E-state index in [0.29, 0.717) is 37.4 Å². The van der Waals surface area contributed by atoms with Crippen LogP contribution in [0.15, 0.2) is 53.2 Å². The lowest BCUT2D eigenvalue weighted by molar-refractivity contribution is -0.136. The Bertz CT molecular complexity index is 1140. The average molecular weight is 513 g/mol. The van der Waals surface area contributed by atoms with Gasteiger partial charge in [-0.3, -0.25) is 24.5 Å². The Hall–Kier alpha value is -3.39. The first-order valence-corrected chi connectivity index (χ1v) is 12.4. The van der Waals surface area contributed by atoms with Crippen LogP contribution >= 0.6 is 11.6 Å². The molecule has 9 heteroatoms. The van der Waals surface area contributed by atoms with E-state index in [4.69, 9.17) is 11.6 Å². The fourth-order valence-electron chi connectivity index (χ4n) is 4.26. The number of hydrogen-bond donors (Lipinski definition) is 3. The van der Waals surface area contributed by atoms with Crippen LogP contribution in [0.1, 0.15) is 55.1 Å². The molecule has 36 heavy (non-hydrogen) atoms. The zero-order valence-corrected chi connectivity index (χ0v) is 21.8. The van der Waals surface area contributed by atoms with Gasteiger partial charge in [0.15, 0.2) is 0 Å². The zero-order chi connectivity index (χ0) is 26.5. The molecule has 0 radical (unpaired) electrons. The fraction of sp³-hybridized carbons (Fsp3) is 0.407. The predicted octanol–water partition coefficient (Wildman–Crippen LogP) is 3.14. The number of allylic oxidation sites excluding steroid dienone is 5. The second-order valence-corrected chi connectivity index (χ2v) is 10.1. The van der Waals surface area contributed by atoms with Gasteiger partial charge in [0.05, 0.1) is 0 Å². The van der Waals surface area contributed by atoms with Gasteiger partial charge < -0.3 is 15.5 Å². The van der Waals surface area contributed by atoms with E-state index in [0.717, 1.165) is 21.9 Å². The Balaban J connectivity index is 0.000000223. The minimum absolute atomic E-state index is 0.0478. The lowest BCUT2D eigenvalue weighted by Gasteiger charge is -2.29. The van der Waals surface area contributed by atoms with Gasteiger partial charge in [0.25, 0.3) is 5.91 Å². The molecule has 0 spiro atoms. The zero-order valence-electron chi connectivity index (χ0n) is 21.1. The number of rotatable bonds is 6. The molecule has 1 aliphatic carbocycles. The SMILES string of the molecule is CNC1=CC(Cl)=CC(C)(C(C)C)C=C1.O=CNCc1ccc2c(c1)CN(C1CCC(=O)NC1=O)C2=O. The van der Waals surface area contributed by atoms with Gasteiger partial charge in [-0.1, -0.05) is 56.7 Å². The standard InChI is InChI=1S/C15H15N3O4.C12H18ClN/c19-8-16-6-9-1-2-11-10(5-9)7-18(15(11)22)12-3-4-13(20)17-14(12)21;1-9(2)12(3)6-5-11(14-4)7-10(13)8-12/h1-2,5,8,12H,3-4,6-7H2,(H,16,19)(H,17,20,21);5-9,14H,1-4H3. The van der Waals surface area contributed by atoms with Crippen molar-refractivity contribution in [1.82, 2.24) is 20.9 Å². The van der Waals surface area contributed by atoms with E-state index in [1.807, 2.05) is 19.2 Å². The van der Waals surface area contributed by atoms with Gasteiger partial charge in [-0.05, 0) is 41.7 Å². The average Bonchev–Trinajstić information content (AvgIpc) is 3.06. The van der Waals surface area contributed by atoms with Gasteiger partial charge in [-0.2, -0.15) is 0 Å². The number of halogens is 1. The summed E-state index contributed by atoms with van der Waals surface area (Å²) in [6, 6.07) is 4.75. The molecule has 8 nitrogen and oxygen atoms in total. The summed E-state index contributed by atoms with van der Waals surface area (Å²) in [5.74, 6) is -0.371. The molecular weight excluding hydrogens is 480 g/mol. The fourth-order valence-corrected chi connectivity index (χ4v) is 4.62. The van der Waals surface area contributed by atoms with Gasteiger partial charge in [0.2, 0.25) is 18.2 Å². The minimum Gasteiger partial charge on any atom is -0.388 e. The maximum absolute atomic E-state index is 12.4. The molecule has 2 unspecified atom stereocenters. The molecule has 192 valence electrons. The molecule has 1 saturated heterocycles. The molecule has 4 rings (SSSR count). The largest absolute Gasteiger partial charge is 0.388 e. The Morgan fingerprint density at radius 2 is 2.03 bits per heavy atom. The Kier molecular flexibility index (Phi) is 8.74. The molecule has 0 aromatic heterocycles. The van der Waals surface area contributed by atoms with Gasteiger partial charge in [0.1, 0.15) is 6.04 Å². The molecule has 0 bridgehead atoms. The maximum atomic E-state index is 12.4. The second kappa shape index (κ2) is 11.6. The van der Waals surface area contributed by atoms with E-state index in [2.05, 4.69) is 54.9 Å². The number of hydrogen-bond acceptors (Lipinski definition) is 5. The molecule has 3 aliphatic rings. The molecule has 1 aromatic rings. The monoisotopic (exact) mass is 512 g/mol. The molecule has 3 N–H and O–H groups in total. The van der Waals surface area contributed by atoms with E-state index in [-0.39, 0.29) is 23.7 Å². The van der Waals surface area contributed by atoms with Gasteiger partial charge >= 0.3 is 0 Å². The normalized spacial score (nSPS) is 23.1. The van der Waals surface area contributed by atoms with Crippen molar-refractivity contribution in [2.75, 3.05) is 7.05 Å². The molecule has 2 heterocycles. The minimum atomic E-state index is -0.603. The highest BCUT2D eigenvalue weighted by Crippen LogP contribution is 2.35. The van der Waals surface area contributed by atoms with Crippen LogP contribution in [0.4, 0.5) is 0 Å². The molecular formula is C27H33ClN4O4. The van der Waals surface area contributed by atoms with E-state index in [1.165, 1.54) is 4.90 Å². The van der Waals surface area contributed by atoms with Crippen LogP contribution < -0.4 is 16.0 Å².